The molecule has 0 fully saturated rings. The highest BCUT2D eigenvalue weighted by molar-refractivity contribution is 5.27. The summed E-state index contributed by atoms with van der Waals surface area (Å²) in [5.41, 5.74) is 1.05. The van der Waals surface area contributed by atoms with Crippen molar-refractivity contribution < 1.29 is 13.5 Å². The van der Waals surface area contributed by atoms with Crippen LogP contribution in [-0.2, 0) is 6.54 Å². The second-order valence-corrected chi connectivity index (χ2v) is 3.56. The van der Waals surface area contributed by atoms with Crippen molar-refractivity contribution in [2.24, 2.45) is 0 Å². The van der Waals surface area contributed by atoms with Crippen molar-refractivity contribution in [3.05, 3.63) is 29.8 Å². The highest BCUT2D eigenvalue weighted by Gasteiger charge is 2.03. The summed E-state index contributed by atoms with van der Waals surface area (Å²) in [4.78, 5) is 0. The first-order valence-electron chi connectivity index (χ1n) is 4.85. The minimum Gasteiger partial charge on any atom is -0.435 e. The third kappa shape index (κ3) is 4.74. The highest BCUT2D eigenvalue weighted by Crippen LogP contribution is 2.14. The molecule has 0 bridgehead atoms. The summed E-state index contributed by atoms with van der Waals surface area (Å²) in [5.74, 6) is 0.193. The SMILES string of the molecule is CC(C)NCc1ccc(OC(F)F)cc1. The molecule has 84 valence electrons. The van der Waals surface area contributed by atoms with Gasteiger partial charge in [0.15, 0.2) is 0 Å². The van der Waals surface area contributed by atoms with Gasteiger partial charge in [0.05, 0.1) is 0 Å². The lowest BCUT2D eigenvalue weighted by atomic mass is 10.2. The molecule has 0 aromatic heterocycles. The van der Waals surface area contributed by atoms with E-state index in [1.54, 1.807) is 24.3 Å². The molecule has 15 heavy (non-hydrogen) atoms. The quantitative estimate of drug-likeness (QED) is 0.815. The van der Waals surface area contributed by atoms with E-state index in [2.05, 4.69) is 10.1 Å². The third-order valence-electron chi connectivity index (χ3n) is 1.86. The minimum atomic E-state index is -2.76. The van der Waals surface area contributed by atoms with Crippen molar-refractivity contribution in [1.29, 1.82) is 0 Å². The van der Waals surface area contributed by atoms with Crippen LogP contribution in [0.25, 0.3) is 0 Å². The fourth-order valence-corrected chi connectivity index (χ4v) is 1.11. The monoisotopic (exact) mass is 215 g/mol. The standard InChI is InChI=1S/C11H15F2NO/c1-8(2)14-7-9-3-5-10(6-4-9)15-11(12)13/h3-6,8,11,14H,7H2,1-2H3. The van der Waals surface area contributed by atoms with Crippen molar-refractivity contribution in [3.8, 4) is 5.75 Å². The zero-order chi connectivity index (χ0) is 11.3. The van der Waals surface area contributed by atoms with Gasteiger partial charge in [-0.3, -0.25) is 0 Å². The second-order valence-electron chi connectivity index (χ2n) is 3.56. The van der Waals surface area contributed by atoms with Crippen LogP contribution in [0.15, 0.2) is 24.3 Å². The van der Waals surface area contributed by atoms with Crippen LogP contribution < -0.4 is 10.1 Å². The molecule has 0 atom stereocenters. The van der Waals surface area contributed by atoms with Crippen molar-refractivity contribution in [1.82, 2.24) is 5.32 Å². The maximum absolute atomic E-state index is 11.8. The van der Waals surface area contributed by atoms with Gasteiger partial charge >= 0.3 is 6.61 Å². The fraction of sp³-hybridized carbons (Fsp3) is 0.455. The maximum atomic E-state index is 11.8. The Kier molecular flexibility index (Phi) is 4.49. The zero-order valence-corrected chi connectivity index (χ0v) is 8.84. The van der Waals surface area contributed by atoms with E-state index < -0.39 is 6.61 Å². The average Bonchev–Trinajstić information content (AvgIpc) is 2.16. The second kappa shape index (κ2) is 5.66. The smallest absolute Gasteiger partial charge is 0.387 e. The number of rotatable bonds is 5. The maximum Gasteiger partial charge on any atom is 0.387 e. The van der Waals surface area contributed by atoms with Gasteiger partial charge in [-0.1, -0.05) is 26.0 Å². The van der Waals surface area contributed by atoms with E-state index in [0.717, 1.165) is 12.1 Å². The third-order valence-corrected chi connectivity index (χ3v) is 1.86. The van der Waals surface area contributed by atoms with Crippen molar-refractivity contribution >= 4 is 0 Å². The van der Waals surface area contributed by atoms with Gasteiger partial charge in [-0.25, -0.2) is 0 Å². The predicted molar refractivity (Wildman–Crippen MR) is 55.0 cm³/mol. The molecule has 0 aliphatic heterocycles. The molecule has 4 heteroatoms. The molecule has 0 saturated heterocycles. The van der Waals surface area contributed by atoms with Crippen LogP contribution in [0, 0.1) is 0 Å². The Morgan fingerprint density at radius 2 is 1.80 bits per heavy atom. The summed E-state index contributed by atoms with van der Waals surface area (Å²) in [6, 6.07) is 7.04. The van der Waals surface area contributed by atoms with Gasteiger partial charge in [-0.2, -0.15) is 8.78 Å². The molecule has 0 amide bonds. The number of halogens is 2. The molecule has 0 heterocycles. The Labute approximate surface area is 88.3 Å². The first kappa shape index (κ1) is 11.9. The molecule has 0 radical (unpaired) electrons. The van der Waals surface area contributed by atoms with Gasteiger partial charge in [0.2, 0.25) is 0 Å². The first-order valence-corrected chi connectivity index (χ1v) is 4.85. The highest BCUT2D eigenvalue weighted by atomic mass is 19.3. The topological polar surface area (TPSA) is 21.3 Å². The van der Waals surface area contributed by atoms with Crippen LogP contribution in [0.4, 0.5) is 8.78 Å². The molecule has 0 aliphatic carbocycles. The average molecular weight is 215 g/mol. The lowest BCUT2D eigenvalue weighted by molar-refractivity contribution is -0.0498. The lowest BCUT2D eigenvalue weighted by Crippen LogP contribution is -2.21. The zero-order valence-electron chi connectivity index (χ0n) is 8.84. The van der Waals surface area contributed by atoms with E-state index in [-0.39, 0.29) is 5.75 Å². The Hall–Kier alpha value is -1.16. The Morgan fingerprint density at radius 3 is 2.27 bits per heavy atom. The minimum absolute atomic E-state index is 0.193. The van der Waals surface area contributed by atoms with Crippen molar-refractivity contribution in [2.75, 3.05) is 0 Å². The van der Waals surface area contributed by atoms with E-state index >= 15 is 0 Å². The first-order chi connectivity index (χ1) is 7.08. The van der Waals surface area contributed by atoms with E-state index in [4.69, 9.17) is 0 Å². The molecule has 1 N–H and O–H groups in total. The molecule has 1 aromatic carbocycles. The van der Waals surface area contributed by atoms with Crippen LogP contribution in [-0.4, -0.2) is 12.7 Å². The summed E-state index contributed by atoms with van der Waals surface area (Å²) in [7, 11) is 0. The summed E-state index contributed by atoms with van der Waals surface area (Å²) < 4.78 is 27.9. The van der Waals surface area contributed by atoms with E-state index in [1.165, 1.54) is 0 Å². The van der Waals surface area contributed by atoms with Gasteiger partial charge in [-0.15, -0.1) is 0 Å². The number of nitrogens with one attached hydrogen (secondary N) is 1. The summed E-state index contributed by atoms with van der Waals surface area (Å²) in [6.07, 6.45) is 0. The molecule has 0 unspecified atom stereocenters. The molecular weight excluding hydrogens is 200 g/mol. The van der Waals surface area contributed by atoms with Crippen LogP contribution in [0.3, 0.4) is 0 Å². The summed E-state index contributed by atoms with van der Waals surface area (Å²) >= 11 is 0. The van der Waals surface area contributed by atoms with Gasteiger partial charge in [-0.05, 0) is 17.7 Å². The molecular formula is C11H15F2NO. The molecule has 2 nitrogen and oxygen atoms in total. The molecule has 1 aromatic rings. The number of ether oxygens (including phenoxy) is 1. The largest absolute Gasteiger partial charge is 0.435 e. The van der Waals surface area contributed by atoms with Crippen LogP contribution in [0.5, 0.6) is 5.75 Å². The van der Waals surface area contributed by atoms with Crippen LogP contribution in [0.2, 0.25) is 0 Å². The summed E-state index contributed by atoms with van der Waals surface area (Å²) in [5, 5.41) is 3.23. The lowest BCUT2D eigenvalue weighted by Gasteiger charge is -2.09. The van der Waals surface area contributed by atoms with Crippen LogP contribution >= 0.6 is 0 Å². The van der Waals surface area contributed by atoms with Crippen molar-refractivity contribution in [3.63, 3.8) is 0 Å². The van der Waals surface area contributed by atoms with E-state index in [0.29, 0.717) is 6.04 Å². The van der Waals surface area contributed by atoms with Gasteiger partial charge in [0.1, 0.15) is 5.75 Å². The number of alkyl halides is 2. The summed E-state index contributed by atoms with van der Waals surface area (Å²) in [6.45, 7) is 2.07. The normalized spacial score (nSPS) is 11.1. The van der Waals surface area contributed by atoms with E-state index in [9.17, 15) is 8.78 Å². The number of hydrogen-bond donors (Lipinski definition) is 1. The molecule has 0 saturated carbocycles. The Bertz CT molecular complexity index is 285. The Balaban J connectivity index is 2.49. The molecule has 0 spiro atoms. The number of benzene rings is 1. The van der Waals surface area contributed by atoms with Gasteiger partial charge < -0.3 is 10.1 Å². The van der Waals surface area contributed by atoms with Gasteiger partial charge in [0, 0.05) is 12.6 Å². The molecule has 1 rings (SSSR count). The Morgan fingerprint density at radius 1 is 1.20 bits per heavy atom. The van der Waals surface area contributed by atoms with Crippen molar-refractivity contribution in [2.45, 2.75) is 33.0 Å². The fourth-order valence-electron chi connectivity index (χ4n) is 1.11. The van der Waals surface area contributed by atoms with Gasteiger partial charge in [0.25, 0.3) is 0 Å². The molecule has 0 aliphatic rings. The predicted octanol–water partition coefficient (Wildman–Crippen LogP) is 2.79. The van der Waals surface area contributed by atoms with E-state index in [1.807, 2.05) is 13.8 Å². The number of hydrogen-bond acceptors (Lipinski definition) is 2. The van der Waals surface area contributed by atoms with Crippen LogP contribution in [0.1, 0.15) is 19.4 Å².